The van der Waals surface area contributed by atoms with Crippen molar-refractivity contribution in [3.63, 3.8) is 0 Å². The molecule has 3 rings (SSSR count). The van der Waals surface area contributed by atoms with Crippen LogP contribution in [0, 0.1) is 11.8 Å². The number of rotatable bonds is 3. The monoisotopic (exact) mass is 305 g/mol. The molecule has 2 bridgehead atoms. The molecule has 2 atom stereocenters. The Morgan fingerprint density at radius 2 is 1.82 bits per heavy atom. The molecule has 0 aromatic heterocycles. The number of piperidine rings is 1. The average molecular weight is 305 g/mol. The maximum absolute atomic E-state index is 12.3. The van der Waals surface area contributed by atoms with E-state index in [0.29, 0.717) is 19.5 Å². The molecule has 122 valence electrons. The summed E-state index contributed by atoms with van der Waals surface area (Å²) in [5.41, 5.74) is -0.321. The van der Waals surface area contributed by atoms with Crippen LogP contribution in [0.15, 0.2) is 0 Å². The first-order valence-electron chi connectivity index (χ1n) is 8.07. The molecule has 5 heteroatoms. The molecule has 3 heterocycles. The number of piperazine rings is 1. The van der Waals surface area contributed by atoms with Gasteiger partial charge < -0.3 is 9.80 Å². The van der Waals surface area contributed by atoms with Crippen LogP contribution in [0.4, 0.5) is 0 Å². The lowest BCUT2D eigenvalue weighted by Crippen LogP contribution is -2.70. The van der Waals surface area contributed by atoms with Gasteiger partial charge in [-0.05, 0) is 46.7 Å². The summed E-state index contributed by atoms with van der Waals surface area (Å²) in [4.78, 5) is 30.1. The molecular weight excluding hydrogens is 278 g/mol. The van der Waals surface area contributed by atoms with E-state index in [-0.39, 0.29) is 29.4 Å². The predicted molar refractivity (Wildman–Crippen MR) is 86.1 cm³/mol. The van der Waals surface area contributed by atoms with E-state index < -0.39 is 0 Å². The van der Waals surface area contributed by atoms with Gasteiger partial charge in [-0.1, -0.05) is 12.8 Å². The fraction of sp³-hybridized carbons (Fsp3) is 0.765. The molecule has 0 N–H and O–H groups in total. The maximum Gasteiger partial charge on any atom is 0.299 e. The van der Waals surface area contributed by atoms with Crippen LogP contribution in [0.2, 0.25) is 0 Å². The van der Waals surface area contributed by atoms with E-state index >= 15 is 0 Å². The largest absolute Gasteiger partial charge is 0.339 e. The molecule has 0 radical (unpaired) electrons. The molecule has 3 saturated heterocycles. The van der Waals surface area contributed by atoms with Gasteiger partial charge in [-0.3, -0.25) is 14.5 Å². The van der Waals surface area contributed by atoms with Crippen LogP contribution in [0.3, 0.4) is 0 Å². The van der Waals surface area contributed by atoms with Gasteiger partial charge in [0, 0.05) is 19.5 Å². The summed E-state index contributed by atoms with van der Waals surface area (Å²) in [5.74, 6) is 5.96. The van der Waals surface area contributed by atoms with Crippen molar-refractivity contribution in [3.8, 4) is 11.8 Å². The van der Waals surface area contributed by atoms with E-state index in [4.69, 9.17) is 0 Å². The molecule has 0 aliphatic carbocycles. The Balaban J connectivity index is 1.96. The normalized spacial score (nSPS) is 23.7. The molecule has 5 nitrogen and oxygen atoms in total. The third-order valence-corrected chi connectivity index (χ3v) is 4.84. The quantitative estimate of drug-likeness (QED) is 0.729. The van der Waals surface area contributed by atoms with Crippen LogP contribution >= 0.6 is 0 Å². The highest BCUT2D eigenvalue weighted by atomic mass is 16.2. The summed E-state index contributed by atoms with van der Waals surface area (Å²) in [6, 6.07) is 0.313. The molecule has 22 heavy (non-hydrogen) atoms. The molecule has 2 unspecified atom stereocenters. The van der Waals surface area contributed by atoms with Crippen LogP contribution in [0.1, 0.15) is 40.0 Å². The Morgan fingerprint density at radius 1 is 1.23 bits per heavy atom. The average Bonchev–Trinajstić information content (AvgIpc) is 2.45. The van der Waals surface area contributed by atoms with Crippen molar-refractivity contribution in [3.05, 3.63) is 0 Å². The zero-order valence-corrected chi connectivity index (χ0v) is 14.3. The first-order valence-corrected chi connectivity index (χ1v) is 8.07. The molecule has 3 aliphatic heterocycles. The van der Waals surface area contributed by atoms with Crippen LogP contribution < -0.4 is 0 Å². The number of carbonyl (C=O) groups is 2. The molecule has 0 aromatic carbocycles. The van der Waals surface area contributed by atoms with E-state index in [1.54, 1.807) is 0 Å². The lowest BCUT2D eigenvalue weighted by Gasteiger charge is -2.55. The Morgan fingerprint density at radius 3 is 2.32 bits per heavy atom. The van der Waals surface area contributed by atoms with E-state index in [9.17, 15) is 9.59 Å². The minimum atomic E-state index is -0.321. The Bertz CT molecular complexity index is 504. The highest BCUT2D eigenvalue weighted by Gasteiger charge is 2.47. The Labute approximate surface area is 133 Å². The molecule has 3 fully saturated rings. The van der Waals surface area contributed by atoms with Crippen molar-refractivity contribution in [1.29, 1.82) is 0 Å². The van der Waals surface area contributed by atoms with Crippen molar-refractivity contribution in [1.82, 2.24) is 14.7 Å². The van der Waals surface area contributed by atoms with Gasteiger partial charge in [0.15, 0.2) is 0 Å². The van der Waals surface area contributed by atoms with Crippen LogP contribution in [0.5, 0.6) is 0 Å². The van der Waals surface area contributed by atoms with Gasteiger partial charge in [0.05, 0.1) is 17.6 Å². The minimum Gasteiger partial charge on any atom is -0.339 e. The number of nitrogens with zero attached hydrogens (tertiary/aromatic N) is 3. The van der Waals surface area contributed by atoms with Gasteiger partial charge >= 0.3 is 0 Å². The van der Waals surface area contributed by atoms with Crippen molar-refractivity contribution >= 4 is 11.8 Å². The second-order valence-electron chi connectivity index (χ2n) is 7.01. The Hall–Kier alpha value is -1.54. The van der Waals surface area contributed by atoms with Gasteiger partial charge in [-0.15, -0.1) is 0 Å². The van der Waals surface area contributed by atoms with E-state index in [0.717, 1.165) is 12.8 Å². The predicted octanol–water partition coefficient (Wildman–Crippen LogP) is 0.942. The van der Waals surface area contributed by atoms with Gasteiger partial charge in [-0.2, -0.15) is 0 Å². The standard InChI is InChI=1S/C17H27N3O2/c1-6-7-15(21)19-11-13-10-14(12-19)20(13)16(22)8-9-17(2,3)18(4)5/h13-14H,6-7,10-12H2,1-5H3. The number of fused-ring (bicyclic) bond motifs is 2. The summed E-state index contributed by atoms with van der Waals surface area (Å²) >= 11 is 0. The lowest BCUT2D eigenvalue weighted by atomic mass is 9.87. The number of amides is 2. The van der Waals surface area contributed by atoms with Crippen molar-refractivity contribution in [2.75, 3.05) is 27.2 Å². The first kappa shape index (κ1) is 16.8. The van der Waals surface area contributed by atoms with Crippen LogP contribution in [-0.2, 0) is 9.59 Å². The lowest BCUT2D eigenvalue weighted by molar-refractivity contribution is -0.156. The smallest absolute Gasteiger partial charge is 0.299 e. The van der Waals surface area contributed by atoms with Gasteiger partial charge in [0.2, 0.25) is 5.91 Å². The van der Waals surface area contributed by atoms with Crippen LogP contribution in [0.25, 0.3) is 0 Å². The molecule has 0 saturated carbocycles. The fourth-order valence-electron chi connectivity index (χ4n) is 2.90. The zero-order valence-electron chi connectivity index (χ0n) is 14.3. The highest BCUT2D eigenvalue weighted by Crippen LogP contribution is 2.32. The van der Waals surface area contributed by atoms with Crippen molar-refractivity contribution in [2.45, 2.75) is 57.7 Å². The van der Waals surface area contributed by atoms with Gasteiger partial charge in [0.25, 0.3) is 5.91 Å². The second-order valence-corrected chi connectivity index (χ2v) is 7.01. The Kier molecular flexibility index (Phi) is 4.81. The second kappa shape index (κ2) is 6.29. The summed E-state index contributed by atoms with van der Waals surface area (Å²) in [6.07, 6.45) is 2.48. The highest BCUT2D eigenvalue weighted by molar-refractivity contribution is 5.95. The van der Waals surface area contributed by atoms with Crippen LogP contribution in [-0.4, -0.2) is 71.3 Å². The van der Waals surface area contributed by atoms with Crippen molar-refractivity contribution in [2.24, 2.45) is 0 Å². The zero-order chi connectivity index (χ0) is 16.5. The van der Waals surface area contributed by atoms with E-state index in [1.807, 2.05) is 49.6 Å². The summed E-state index contributed by atoms with van der Waals surface area (Å²) in [6.45, 7) is 7.34. The minimum absolute atomic E-state index is 0.0984. The van der Waals surface area contributed by atoms with Gasteiger partial charge in [-0.25, -0.2) is 0 Å². The van der Waals surface area contributed by atoms with E-state index in [2.05, 4.69) is 11.8 Å². The van der Waals surface area contributed by atoms with Crippen molar-refractivity contribution < 1.29 is 9.59 Å². The molecule has 0 aromatic rings. The first-order chi connectivity index (χ1) is 10.3. The van der Waals surface area contributed by atoms with Gasteiger partial charge in [0.1, 0.15) is 0 Å². The summed E-state index contributed by atoms with van der Waals surface area (Å²) in [7, 11) is 3.91. The SMILES string of the molecule is CCCC(=O)N1CC2CC(C1)N2C(=O)C#CC(C)(C)N(C)C. The number of hydrogen-bond donors (Lipinski definition) is 0. The maximum atomic E-state index is 12.3. The summed E-state index contributed by atoms with van der Waals surface area (Å²) in [5, 5.41) is 0. The fourth-order valence-corrected chi connectivity index (χ4v) is 2.90. The third-order valence-electron chi connectivity index (χ3n) is 4.84. The number of carbonyl (C=O) groups excluding carboxylic acids is 2. The van der Waals surface area contributed by atoms with E-state index in [1.165, 1.54) is 0 Å². The topological polar surface area (TPSA) is 43.9 Å². The molecule has 2 amide bonds. The molecular formula is C17H27N3O2. The summed E-state index contributed by atoms with van der Waals surface area (Å²) < 4.78 is 0. The molecule has 0 spiro atoms. The third kappa shape index (κ3) is 3.27. The number of hydrogen-bond acceptors (Lipinski definition) is 3. The molecule has 3 aliphatic rings.